The van der Waals surface area contributed by atoms with Crippen LogP contribution in [0.4, 0.5) is 0 Å². The van der Waals surface area contributed by atoms with E-state index < -0.39 is 0 Å². The maximum absolute atomic E-state index is 5.57. The second-order valence-corrected chi connectivity index (χ2v) is 8.85. The summed E-state index contributed by atoms with van der Waals surface area (Å²) >= 11 is 0. The number of rotatable bonds is 4. The molecule has 5 heteroatoms. The topological polar surface area (TPSA) is 43.2 Å². The number of imidazole rings is 1. The van der Waals surface area contributed by atoms with Crippen LogP contribution in [0.15, 0.2) is 72.7 Å². The highest BCUT2D eigenvalue weighted by Crippen LogP contribution is 2.35. The zero-order valence-electron chi connectivity index (χ0n) is 19.1. The van der Waals surface area contributed by atoms with E-state index in [0.717, 1.165) is 65.5 Å². The van der Waals surface area contributed by atoms with Gasteiger partial charge in [-0.25, -0.2) is 4.98 Å². The molecule has 0 saturated carbocycles. The van der Waals surface area contributed by atoms with Crippen LogP contribution < -0.4 is 0 Å². The second kappa shape index (κ2) is 8.40. The average Bonchev–Trinajstić information content (AvgIpc) is 3.21. The van der Waals surface area contributed by atoms with E-state index in [1.165, 1.54) is 5.56 Å². The van der Waals surface area contributed by atoms with Crippen molar-refractivity contribution in [2.24, 2.45) is 0 Å². The van der Waals surface area contributed by atoms with Gasteiger partial charge >= 0.3 is 0 Å². The van der Waals surface area contributed by atoms with Crippen molar-refractivity contribution in [3.8, 4) is 0 Å². The summed E-state index contributed by atoms with van der Waals surface area (Å²) < 4.78 is 7.94. The summed E-state index contributed by atoms with van der Waals surface area (Å²) in [5, 5.41) is 0. The molecule has 164 valence electrons. The number of hydrogen-bond donors (Lipinski definition) is 0. The Morgan fingerprint density at radius 1 is 1.16 bits per heavy atom. The average molecular weight is 427 g/mol. The predicted molar refractivity (Wildman–Crippen MR) is 129 cm³/mol. The molecule has 1 saturated heterocycles. The standard InChI is InChI=1S/C27H30N4O/c1-18-14-23(17-30(4)19(18)2)27-29-25-16-28-24(22-10-12-32-13-11-22)15-26(25)31(27)20(3)21-8-6-5-7-9-21/h5-9,14-17,20,22H,2,10-13H2,1,3-4H3/t20-/m0/s1. The third-order valence-electron chi connectivity index (χ3n) is 6.75. The number of pyridine rings is 1. The van der Waals surface area contributed by atoms with E-state index in [2.05, 4.69) is 78.6 Å². The van der Waals surface area contributed by atoms with Gasteiger partial charge in [-0.1, -0.05) is 36.9 Å². The van der Waals surface area contributed by atoms with Crippen LogP contribution >= 0.6 is 0 Å². The quantitative estimate of drug-likeness (QED) is 0.538. The smallest absolute Gasteiger partial charge is 0.143 e. The third-order valence-corrected chi connectivity index (χ3v) is 6.75. The van der Waals surface area contributed by atoms with Gasteiger partial charge in [0.1, 0.15) is 11.3 Å². The van der Waals surface area contributed by atoms with Gasteiger partial charge in [-0.05, 0) is 50.0 Å². The highest BCUT2D eigenvalue weighted by molar-refractivity contribution is 5.83. The molecule has 2 aliphatic heterocycles. The number of hydrogen-bond acceptors (Lipinski definition) is 4. The van der Waals surface area contributed by atoms with Gasteiger partial charge in [0, 0.05) is 49.3 Å². The van der Waals surface area contributed by atoms with E-state index >= 15 is 0 Å². The molecule has 0 unspecified atom stereocenters. The highest BCUT2D eigenvalue weighted by Gasteiger charge is 2.24. The van der Waals surface area contributed by atoms with E-state index in [9.17, 15) is 0 Å². The molecule has 2 aromatic heterocycles. The number of nitrogens with zero attached hydrogens (tertiary/aromatic N) is 4. The summed E-state index contributed by atoms with van der Waals surface area (Å²) in [6.45, 7) is 10.1. The Labute approximate surface area is 189 Å². The Hall–Kier alpha value is -3.18. The Morgan fingerprint density at radius 2 is 1.91 bits per heavy atom. The first-order valence-electron chi connectivity index (χ1n) is 11.4. The van der Waals surface area contributed by atoms with Crippen LogP contribution in [0.1, 0.15) is 55.7 Å². The summed E-state index contributed by atoms with van der Waals surface area (Å²) in [6.07, 6.45) is 8.30. The van der Waals surface area contributed by atoms with Crippen LogP contribution in [-0.2, 0) is 4.74 Å². The Bertz CT molecular complexity index is 1220. The molecular formula is C27H30N4O. The first-order valence-corrected chi connectivity index (χ1v) is 11.4. The molecular weight excluding hydrogens is 396 g/mol. The van der Waals surface area contributed by atoms with Gasteiger partial charge in [0.2, 0.25) is 0 Å². The highest BCUT2D eigenvalue weighted by atomic mass is 16.5. The van der Waals surface area contributed by atoms with Crippen molar-refractivity contribution in [2.45, 2.75) is 38.6 Å². The number of likely N-dealkylation sites (N-methyl/N-ethyl adjacent to an activating group) is 1. The van der Waals surface area contributed by atoms with Gasteiger partial charge in [-0.2, -0.15) is 0 Å². The molecule has 0 aliphatic carbocycles. The summed E-state index contributed by atoms with van der Waals surface area (Å²) in [7, 11) is 2.04. The number of ether oxygens (including phenoxy) is 1. The monoisotopic (exact) mass is 426 g/mol. The van der Waals surface area contributed by atoms with Crippen molar-refractivity contribution in [1.29, 1.82) is 0 Å². The molecule has 4 heterocycles. The van der Waals surface area contributed by atoms with Crippen LogP contribution in [0, 0.1) is 0 Å². The molecule has 2 aliphatic rings. The van der Waals surface area contributed by atoms with Gasteiger partial charge in [0.25, 0.3) is 0 Å². The Kier molecular flexibility index (Phi) is 5.43. The lowest BCUT2D eigenvalue weighted by Gasteiger charge is -2.25. The minimum Gasteiger partial charge on any atom is -0.381 e. The predicted octanol–water partition coefficient (Wildman–Crippen LogP) is 5.68. The fraction of sp³-hybridized carbons (Fsp3) is 0.333. The molecule has 5 nitrogen and oxygen atoms in total. The Morgan fingerprint density at radius 3 is 2.62 bits per heavy atom. The van der Waals surface area contributed by atoms with E-state index in [1.54, 1.807) is 0 Å². The van der Waals surface area contributed by atoms with Crippen molar-refractivity contribution in [3.63, 3.8) is 0 Å². The molecule has 0 spiro atoms. The van der Waals surface area contributed by atoms with Crippen LogP contribution in [0.25, 0.3) is 16.6 Å². The van der Waals surface area contributed by atoms with E-state index in [1.807, 2.05) is 13.2 Å². The van der Waals surface area contributed by atoms with Gasteiger partial charge < -0.3 is 14.2 Å². The van der Waals surface area contributed by atoms with Gasteiger partial charge in [-0.3, -0.25) is 4.98 Å². The first kappa shape index (κ1) is 20.7. The van der Waals surface area contributed by atoms with Crippen molar-refractivity contribution >= 4 is 16.6 Å². The van der Waals surface area contributed by atoms with E-state index in [-0.39, 0.29) is 6.04 Å². The molecule has 0 radical (unpaired) electrons. The summed E-state index contributed by atoms with van der Waals surface area (Å²) in [5.41, 5.74) is 7.71. The van der Waals surface area contributed by atoms with Crippen LogP contribution in [0.3, 0.4) is 0 Å². The number of benzene rings is 1. The van der Waals surface area contributed by atoms with Crippen LogP contribution in [0.2, 0.25) is 0 Å². The second-order valence-electron chi connectivity index (χ2n) is 8.85. The molecule has 5 rings (SSSR count). The molecule has 3 aromatic rings. The van der Waals surface area contributed by atoms with Crippen molar-refractivity contribution in [3.05, 3.63) is 89.8 Å². The summed E-state index contributed by atoms with van der Waals surface area (Å²) in [4.78, 5) is 12.0. The van der Waals surface area contributed by atoms with Crippen LogP contribution in [-0.4, -0.2) is 39.7 Å². The van der Waals surface area contributed by atoms with Crippen LogP contribution in [0.5, 0.6) is 0 Å². The van der Waals surface area contributed by atoms with E-state index in [4.69, 9.17) is 14.7 Å². The summed E-state index contributed by atoms with van der Waals surface area (Å²) in [6, 6.07) is 13.0. The zero-order chi connectivity index (χ0) is 22.2. The molecule has 32 heavy (non-hydrogen) atoms. The summed E-state index contributed by atoms with van der Waals surface area (Å²) in [5.74, 6) is 1.40. The lowest BCUT2D eigenvalue weighted by atomic mass is 9.96. The van der Waals surface area contributed by atoms with Crippen molar-refractivity contribution in [2.75, 3.05) is 20.3 Å². The van der Waals surface area contributed by atoms with Gasteiger partial charge in [0.15, 0.2) is 0 Å². The largest absolute Gasteiger partial charge is 0.381 e. The normalized spacial score (nSPS) is 18.6. The maximum Gasteiger partial charge on any atom is 0.143 e. The lowest BCUT2D eigenvalue weighted by molar-refractivity contribution is 0.0845. The number of aromatic nitrogens is 3. The minimum absolute atomic E-state index is 0.131. The fourth-order valence-corrected chi connectivity index (χ4v) is 4.75. The first-order chi connectivity index (χ1) is 15.5. The molecule has 0 N–H and O–H groups in total. The SMILES string of the molecule is C=C1C(C)=CC(c2nc3cnc(C4CCOCC4)cc3n2[C@@H](C)c2ccccc2)=CN1C. The lowest BCUT2D eigenvalue weighted by Crippen LogP contribution is -2.17. The maximum atomic E-state index is 5.57. The third kappa shape index (κ3) is 3.67. The Balaban J connectivity index is 1.69. The number of fused-ring (bicyclic) bond motifs is 1. The molecule has 0 bridgehead atoms. The molecule has 0 amide bonds. The minimum atomic E-state index is 0.131. The molecule has 1 fully saturated rings. The van der Waals surface area contributed by atoms with Gasteiger partial charge in [0.05, 0.1) is 17.8 Å². The molecule has 1 atom stereocenters. The fourth-order valence-electron chi connectivity index (χ4n) is 4.75. The zero-order valence-corrected chi connectivity index (χ0v) is 19.1. The molecule has 1 aromatic carbocycles. The van der Waals surface area contributed by atoms with Crippen molar-refractivity contribution < 1.29 is 4.74 Å². The van der Waals surface area contributed by atoms with Crippen molar-refractivity contribution in [1.82, 2.24) is 19.4 Å². The van der Waals surface area contributed by atoms with Gasteiger partial charge in [-0.15, -0.1) is 0 Å². The van der Waals surface area contributed by atoms with E-state index in [0.29, 0.717) is 5.92 Å². The number of allylic oxidation sites excluding steroid dienone is 3.